The predicted octanol–water partition coefficient (Wildman–Crippen LogP) is 4.26. The van der Waals surface area contributed by atoms with Gasteiger partial charge in [0.15, 0.2) is 0 Å². The number of hydrogen-bond donors (Lipinski definition) is 0. The monoisotopic (exact) mass is 367 g/mol. The van der Waals surface area contributed by atoms with Crippen LogP contribution in [0, 0.1) is 0 Å². The molecule has 0 amide bonds. The molecule has 4 nitrogen and oxygen atoms in total. The van der Waals surface area contributed by atoms with Gasteiger partial charge >= 0.3 is 7.12 Å². The maximum atomic E-state index is 6.23. The normalized spacial score (nSPS) is 18.6. The van der Waals surface area contributed by atoms with Gasteiger partial charge in [-0.15, -0.1) is 0 Å². The molecule has 2 heterocycles. The topological polar surface area (TPSA) is 40.6 Å². The van der Waals surface area contributed by atoms with Crippen LogP contribution >= 0.6 is 0 Å². The molecule has 27 heavy (non-hydrogen) atoms. The minimum Gasteiger partial charge on any atom is -0.473 e. The summed E-state index contributed by atoms with van der Waals surface area (Å²) in [4.78, 5) is 4.73. The number of pyridine rings is 1. The first-order valence-electron chi connectivity index (χ1n) is 9.53. The van der Waals surface area contributed by atoms with Crippen molar-refractivity contribution in [3.63, 3.8) is 0 Å². The molecule has 0 bridgehead atoms. The Morgan fingerprint density at radius 1 is 0.963 bits per heavy atom. The molecule has 1 aliphatic heterocycles. The molecule has 0 atom stereocenters. The van der Waals surface area contributed by atoms with Crippen LogP contribution in [-0.4, -0.2) is 23.3 Å². The van der Waals surface area contributed by atoms with E-state index in [9.17, 15) is 0 Å². The van der Waals surface area contributed by atoms with Gasteiger partial charge in [-0.05, 0) is 44.8 Å². The van der Waals surface area contributed by atoms with Crippen LogP contribution in [0.2, 0.25) is 0 Å². The van der Waals surface area contributed by atoms with E-state index in [4.69, 9.17) is 19.0 Å². The summed E-state index contributed by atoms with van der Waals surface area (Å²) in [5, 5.41) is 0. The lowest BCUT2D eigenvalue weighted by Crippen LogP contribution is -2.41. The fourth-order valence-electron chi connectivity index (χ4n) is 2.83. The smallest absolute Gasteiger partial charge is 0.473 e. The fourth-order valence-corrected chi connectivity index (χ4v) is 2.83. The molecule has 2 aromatic rings. The SMILES string of the molecule is CC(C)(C)c1cc(B2OC(C)(C)C(C)(C)O2)cc(OCc2ccccc2)n1. The van der Waals surface area contributed by atoms with E-state index in [-0.39, 0.29) is 16.6 Å². The quantitative estimate of drug-likeness (QED) is 0.758. The van der Waals surface area contributed by atoms with Crippen molar-refractivity contribution in [1.29, 1.82) is 0 Å². The summed E-state index contributed by atoms with van der Waals surface area (Å²) in [6.45, 7) is 15.2. The van der Waals surface area contributed by atoms with Gasteiger partial charge in [0.1, 0.15) is 6.61 Å². The minimum atomic E-state index is -0.432. The van der Waals surface area contributed by atoms with Crippen LogP contribution in [0.1, 0.15) is 59.7 Å². The van der Waals surface area contributed by atoms with E-state index in [0.717, 1.165) is 16.7 Å². The first-order chi connectivity index (χ1) is 12.5. The van der Waals surface area contributed by atoms with Crippen molar-refractivity contribution < 1.29 is 14.0 Å². The number of nitrogens with zero attached hydrogens (tertiary/aromatic N) is 1. The zero-order chi connectivity index (χ0) is 19.9. The van der Waals surface area contributed by atoms with Crippen molar-refractivity contribution in [3.05, 3.63) is 53.7 Å². The van der Waals surface area contributed by atoms with Gasteiger partial charge in [-0.2, -0.15) is 0 Å². The summed E-state index contributed by atoms with van der Waals surface area (Å²) < 4.78 is 18.5. The summed E-state index contributed by atoms with van der Waals surface area (Å²) in [5.74, 6) is 0.594. The molecule has 0 unspecified atom stereocenters. The van der Waals surface area contributed by atoms with E-state index in [1.165, 1.54) is 0 Å². The average molecular weight is 367 g/mol. The van der Waals surface area contributed by atoms with Gasteiger partial charge in [0, 0.05) is 17.2 Å². The van der Waals surface area contributed by atoms with E-state index >= 15 is 0 Å². The Bertz CT molecular complexity index is 781. The van der Waals surface area contributed by atoms with Crippen LogP contribution in [-0.2, 0) is 21.3 Å². The summed E-state index contributed by atoms with van der Waals surface area (Å²) >= 11 is 0. The molecule has 0 N–H and O–H groups in total. The van der Waals surface area contributed by atoms with Crippen molar-refractivity contribution in [2.45, 2.75) is 71.7 Å². The van der Waals surface area contributed by atoms with E-state index in [2.05, 4.69) is 54.5 Å². The Balaban J connectivity index is 1.90. The molecule has 1 aliphatic rings. The summed E-state index contributed by atoms with van der Waals surface area (Å²) in [6, 6.07) is 14.1. The van der Waals surface area contributed by atoms with Gasteiger partial charge < -0.3 is 14.0 Å². The number of hydrogen-bond acceptors (Lipinski definition) is 4. The predicted molar refractivity (Wildman–Crippen MR) is 109 cm³/mol. The Morgan fingerprint density at radius 2 is 1.56 bits per heavy atom. The van der Waals surface area contributed by atoms with Crippen LogP contribution in [0.25, 0.3) is 0 Å². The van der Waals surface area contributed by atoms with Crippen molar-refractivity contribution in [1.82, 2.24) is 4.98 Å². The van der Waals surface area contributed by atoms with Crippen LogP contribution < -0.4 is 10.2 Å². The lowest BCUT2D eigenvalue weighted by Gasteiger charge is -2.32. The Kier molecular flexibility index (Phi) is 5.13. The first kappa shape index (κ1) is 19.9. The third-order valence-electron chi connectivity index (χ3n) is 5.35. The summed E-state index contributed by atoms with van der Waals surface area (Å²) in [7, 11) is -0.432. The molecule has 1 fully saturated rings. The van der Waals surface area contributed by atoms with Gasteiger partial charge in [-0.3, -0.25) is 0 Å². The number of ether oxygens (including phenoxy) is 1. The van der Waals surface area contributed by atoms with Crippen molar-refractivity contribution in [2.75, 3.05) is 0 Å². The molecule has 144 valence electrons. The van der Waals surface area contributed by atoms with Crippen molar-refractivity contribution >= 4 is 12.6 Å². The standard InChI is InChI=1S/C22H30BNO3/c1-20(2,3)18-13-17(23-26-21(4,5)22(6,7)27-23)14-19(24-18)25-15-16-11-9-8-10-12-16/h8-14H,15H2,1-7H3. The zero-order valence-corrected chi connectivity index (χ0v) is 17.5. The molecule has 0 radical (unpaired) electrons. The molecular weight excluding hydrogens is 337 g/mol. The Hall–Kier alpha value is -1.85. The van der Waals surface area contributed by atoms with Gasteiger partial charge in [0.2, 0.25) is 5.88 Å². The third kappa shape index (κ3) is 4.36. The summed E-state index contributed by atoms with van der Waals surface area (Å²) in [5.41, 5.74) is 2.14. The van der Waals surface area contributed by atoms with E-state index in [0.29, 0.717) is 12.5 Å². The highest BCUT2D eigenvalue weighted by atomic mass is 16.7. The Labute approximate surface area is 163 Å². The summed E-state index contributed by atoms with van der Waals surface area (Å²) in [6.07, 6.45) is 0. The highest BCUT2D eigenvalue weighted by molar-refractivity contribution is 6.62. The maximum Gasteiger partial charge on any atom is 0.495 e. The number of aromatic nitrogens is 1. The van der Waals surface area contributed by atoms with Gasteiger partial charge in [-0.1, -0.05) is 51.1 Å². The molecule has 0 saturated carbocycles. The molecule has 1 aromatic heterocycles. The van der Waals surface area contributed by atoms with E-state index in [1.54, 1.807) is 0 Å². The molecule has 1 aromatic carbocycles. The molecule has 0 aliphatic carbocycles. The lowest BCUT2D eigenvalue weighted by atomic mass is 9.77. The Morgan fingerprint density at radius 3 is 2.11 bits per heavy atom. The highest BCUT2D eigenvalue weighted by Crippen LogP contribution is 2.37. The molecule has 5 heteroatoms. The molecule has 3 rings (SSSR count). The first-order valence-corrected chi connectivity index (χ1v) is 9.53. The second-order valence-corrected chi connectivity index (χ2v) is 9.24. The van der Waals surface area contributed by atoms with Gasteiger partial charge in [0.05, 0.1) is 11.2 Å². The highest BCUT2D eigenvalue weighted by Gasteiger charge is 2.52. The minimum absolute atomic E-state index is 0.107. The van der Waals surface area contributed by atoms with Crippen LogP contribution in [0.15, 0.2) is 42.5 Å². The second-order valence-electron chi connectivity index (χ2n) is 9.24. The lowest BCUT2D eigenvalue weighted by molar-refractivity contribution is 0.00578. The van der Waals surface area contributed by atoms with Crippen LogP contribution in [0.3, 0.4) is 0 Å². The fraction of sp³-hybridized carbons (Fsp3) is 0.500. The largest absolute Gasteiger partial charge is 0.495 e. The number of benzene rings is 1. The molecule has 0 spiro atoms. The molecular formula is C22H30BNO3. The van der Waals surface area contributed by atoms with Crippen LogP contribution in [0.5, 0.6) is 5.88 Å². The van der Waals surface area contributed by atoms with Crippen molar-refractivity contribution in [3.8, 4) is 5.88 Å². The molecule has 1 saturated heterocycles. The average Bonchev–Trinajstić information content (AvgIpc) is 2.81. The van der Waals surface area contributed by atoms with E-state index < -0.39 is 7.12 Å². The zero-order valence-electron chi connectivity index (χ0n) is 17.5. The third-order valence-corrected chi connectivity index (χ3v) is 5.35. The van der Waals surface area contributed by atoms with Gasteiger partial charge in [0.25, 0.3) is 0 Å². The van der Waals surface area contributed by atoms with Crippen molar-refractivity contribution in [2.24, 2.45) is 0 Å². The van der Waals surface area contributed by atoms with Crippen LogP contribution in [0.4, 0.5) is 0 Å². The van der Waals surface area contributed by atoms with E-state index in [1.807, 2.05) is 36.4 Å². The maximum absolute atomic E-state index is 6.23. The second kappa shape index (κ2) is 6.95. The number of rotatable bonds is 4. The van der Waals surface area contributed by atoms with Gasteiger partial charge in [-0.25, -0.2) is 4.98 Å².